The Labute approximate surface area is 203 Å². The third kappa shape index (κ3) is 7.51. The highest BCUT2D eigenvalue weighted by atomic mass is 16.5. The number of aryl methyl sites for hydroxylation is 1. The molecule has 4 N–H and O–H groups in total. The van der Waals surface area contributed by atoms with Crippen molar-refractivity contribution in [2.45, 2.75) is 51.6 Å². The molecule has 0 fully saturated rings. The Balaban J connectivity index is 1.79. The second kappa shape index (κ2) is 12.5. The average molecular weight is 479 g/mol. The van der Waals surface area contributed by atoms with Crippen LogP contribution >= 0.6 is 0 Å². The molecule has 1 heterocycles. The van der Waals surface area contributed by atoms with Crippen molar-refractivity contribution in [2.24, 2.45) is 0 Å². The van der Waals surface area contributed by atoms with Crippen molar-refractivity contribution in [1.29, 1.82) is 0 Å². The summed E-state index contributed by atoms with van der Waals surface area (Å²) in [7, 11) is 0. The van der Waals surface area contributed by atoms with Gasteiger partial charge in [-0.05, 0) is 36.1 Å². The summed E-state index contributed by atoms with van der Waals surface area (Å²) in [6.45, 7) is 2.52. The lowest BCUT2D eigenvalue weighted by Crippen LogP contribution is -2.40. The predicted octanol–water partition coefficient (Wildman–Crippen LogP) is 3.21. The van der Waals surface area contributed by atoms with Gasteiger partial charge in [-0.15, -0.1) is 0 Å². The van der Waals surface area contributed by atoms with E-state index >= 15 is 0 Å². The Bertz CT molecular complexity index is 1140. The number of amides is 2. The lowest BCUT2D eigenvalue weighted by molar-refractivity contribution is -0.129. The van der Waals surface area contributed by atoms with Crippen molar-refractivity contribution in [2.75, 3.05) is 0 Å². The van der Waals surface area contributed by atoms with Crippen molar-refractivity contribution in [3.05, 3.63) is 89.0 Å². The molecule has 0 aliphatic heterocycles. The van der Waals surface area contributed by atoms with Gasteiger partial charge in [-0.1, -0.05) is 55.8 Å². The largest absolute Gasteiger partial charge is 0.478 e. The first-order valence-electron chi connectivity index (χ1n) is 11.6. The van der Waals surface area contributed by atoms with Gasteiger partial charge in [0, 0.05) is 31.6 Å². The number of carboxylic acids is 1. The van der Waals surface area contributed by atoms with Crippen LogP contribution in [0.4, 0.5) is 0 Å². The molecule has 2 amide bonds. The molecule has 9 nitrogen and oxygen atoms in total. The number of carboxylic acid groups (broad SMARTS) is 1. The molecule has 0 saturated carbocycles. The Morgan fingerprint density at radius 1 is 1.03 bits per heavy atom. The van der Waals surface area contributed by atoms with Crippen LogP contribution < -0.4 is 10.8 Å². The van der Waals surface area contributed by atoms with Crippen LogP contribution in [0.25, 0.3) is 0 Å². The number of unbranched alkanes of at least 4 members (excludes halogenated alkanes) is 1. The van der Waals surface area contributed by atoms with Crippen LogP contribution in [-0.4, -0.2) is 43.7 Å². The van der Waals surface area contributed by atoms with E-state index in [1.165, 1.54) is 0 Å². The maximum atomic E-state index is 13.1. The molecular weight excluding hydrogens is 448 g/mol. The number of imidazole rings is 1. The minimum Gasteiger partial charge on any atom is -0.478 e. The summed E-state index contributed by atoms with van der Waals surface area (Å²) in [5, 5.41) is 20.9. The summed E-state index contributed by atoms with van der Waals surface area (Å²) in [6, 6.07) is 15.5. The lowest BCUT2D eigenvalue weighted by Gasteiger charge is -2.17. The first kappa shape index (κ1) is 25.6. The molecular formula is C26H30N4O5. The molecule has 35 heavy (non-hydrogen) atoms. The number of nitrogens with zero attached hydrogens (tertiary/aromatic N) is 2. The number of carbonyl (C=O) groups excluding carboxylic acids is 2. The van der Waals surface area contributed by atoms with Crippen LogP contribution in [-0.2, 0) is 24.2 Å². The van der Waals surface area contributed by atoms with Gasteiger partial charge in [0.15, 0.2) is 0 Å². The zero-order chi connectivity index (χ0) is 25.2. The summed E-state index contributed by atoms with van der Waals surface area (Å²) < 4.78 is 1.90. The highest BCUT2D eigenvalue weighted by Crippen LogP contribution is 2.14. The fourth-order valence-corrected chi connectivity index (χ4v) is 3.79. The van der Waals surface area contributed by atoms with Crippen LogP contribution in [0, 0.1) is 0 Å². The first-order valence-corrected chi connectivity index (χ1v) is 11.6. The second-order valence-electron chi connectivity index (χ2n) is 8.38. The number of hydrogen-bond donors (Lipinski definition) is 4. The smallest absolute Gasteiger partial charge is 0.335 e. The number of nitrogens with one attached hydrogen (secondary N) is 2. The second-order valence-corrected chi connectivity index (χ2v) is 8.38. The van der Waals surface area contributed by atoms with Crippen LogP contribution in [0.15, 0.2) is 60.8 Å². The van der Waals surface area contributed by atoms with E-state index in [1.807, 2.05) is 34.9 Å². The maximum Gasteiger partial charge on any atom is 0.335 e. The van der Waals surface area contributed by atoms with E-state index < -0.39 is 23.8 Å². The third-order valence-corrected chi connectivity index (χ3v) is 5.62. The molecule has 1 aromatic heterocycles. The highest BCUT2D eigenvalue weighted by Gasteiger charge is 2.21. The number of rotatable bonds is 12. The Morgan fingerprint density at radius 3 is 2.37 bits per heavy atom. The van der Waals surface area contributed by atoms with Crippen LogP contribution in [0.5, 0.6) is 0 Å². The van der Waals surface area contributed by atoms with E-state index in [0.29, 0.717) is 19.4 Å². The molecule has 3 rings (SSSR count). The Hall–Kier alpha value is -3.98. The molecule has 2 aromatic carbocycles. The normalized spacial score (nSPS) is 11.6. The summed E-state index contributed by atoms with van der Waals surface area (Å²) in [6.07, 6.45) is 4.57. The molecule has 1 atom stereocenters. The van der Waals surface area contributed by atoms with Crippen molar-refractivity contribution >= 4 is 17.8 Å². The number of aromatic carboxylic acids is 1. The molecule has 0 bridgehead atoms. The van der Waals surface area contributed by atoms with Gasteiger partial charge < -0.3 is 15.0 Å². The summed E-state index contributed by atoms with van der Waals surface area (Å²) >= 11 is 0. The molecule has 0 spiro atoms. The highest BCUT2D eigenvalue weighted by molar-refractivity contribution is 5.92. The number of carbonyl (C=O) groups is 3. The Morgan fingerprint density at radius 2 is 1.74 bits per heavy atom. The van der Waals surface area contributed by atoms with Gasteiger partial charge in [-0.2, -0.15) is 0 Å². The SMILES string of the molecule is CCCCc1nc(C(=O)N[C@@H](CC(=O)NO)Cc2ccccc2)cn1Cc1ccc(C(=O)O)cc1. The van der Waals surface area contributed by atoms with Gasteiger partial charge in [0.1, 0.15) is 11.5 Å². The molecule has 0 aliphatic rings. The fourth-order valence-electron chi connectivity index (χ4n) is 3.79. The number of hydroxylamine groups is 1. The van der Waals surface area contributed by atoms with Crippen molar-refractivity contribution in [1.82, 2.24) is 20.3 Å². The average Bonchev–Trinajstić information content (AvgIpc) is 3.26. The van der Waals surface area contributed by atoms with E-state index in [4.69, 9.17) is 10.3 Å². The Kier molecular flexibility index (Phi) is 9.14. The van der Waals surface area contributed by atoms with Gasteiger partial charge in [0.2, 0.25) is 5.91 Å². The molecule has 0 aliphatic carbocycles. The van der Waals surface area contributed by atoms with Gasteiger partial charge in [0.05, 0.1) is 5.56 Å². The van der Waals surface area contributed by atoms with Crippen molar-refractivity contribution in [3.63, 3.8) is 0 Å². The number of aromatic nitrogens is 2. The summed E-state index contributed by atoms with van der Waals surface area (Å²) in [4.78, 5) is 40.6. The zero-order valence-electron chi connectivity index (χ0n) is 19.6. The van der Waals surface area contributed by atoms with Crippen LogP contribution in [0.1, 0.15) is 64.0 Å². The molecule has 9 heteroatoms. The molecule has 0 saturated heterocycles. The summed E-state index contributed by atoms with van der Waals surface area (Å²) in [5.41, 5.74) is 3.90. The van der Waals surface area contributed by atoms with Crippen molar-refractivity contribution in [3.8, 4) is 0 Å². The van der Waals surface area contributed by atoms with E-state index in [-0.39, 0.29) is 17.7 Å². The third-order valence-electron chi connectivity index (χ3n) is 5.62. The lowest BCUT2D eigenvalue weighted by atomic mass is 10.0. The standard InChI is InChI=1S/C26H30N4O5/c1-2-3-9-23-28-22(17-30(23)16-19-10-12-20(13-11-19)26(33)34)25(32)27-21(15-24(31)29-35)14-18-7-5-4-6-8-18/h4-8,10-13,17,21,35H,2-3,9,14-16H2,1H3,(H,27,32)(H,29,31)(H,33,34)/t21-/m1/s1. The quantitative estimate of drug-likeness (QED) is 0.233. The van der Waals surface area contributed by atoms with Gasteiger partial charge in [0.25, 0.3) is 5.91 Å². The van der Waals surface area contributed by atoms with Crippen molar-refractivity contribution < 1.29 is 24.7 Å². The van der Waals surface area contributed by atoms with Gasteiger partial charge in [-0.25, -0.2) is 15.3 Å². The zero-order valence-corrected chi connectivity index (χ0v) is 19.6. The molecule has 0 unspecified atom stereocenters. The fraction of sp³-hybridized carbons (Fsp3) is 0.308. The van der Waals surface area contributed by atoms with E-state index in [1.54, 1.807) is 35.9 Å². The molecule has 0 radical (unpaired) electrons. The molecule has 184 valence electrons. The summed E-state index contributed by atoms with van der Waals surface area (Å²) in [5.74, 6) is -1.23. The van der Waals surface area contributed by atoms with E-state index in [2.05, 4.69) is 17.2 Å². The predicted molar refractivity (Wildman–Crippen MR) is 129 cm³/mol. The van der Waals surface area contributed by atoms with E-state index in [9.17, 15) is 14.4 Å². The minimum absolute atomic E-state index is 0.0868. The number of hydrogen-bond acceptors (Lipinski definition) is 5. The van der Waals surface area contributed by atoms with Gasteiger partial charge in [-0.3, -0.25) is 14.8 Å². The van der Waals surface area contributed by atoms with Crippen LogP contribution in [0.2, 0.25) is 0 Å². The maximum absolute atomic E-state index is 13.1. The monoisotopic (exact) mass is 478 g/mol. The van der Waals surface area contributed by atoms with Gasteiger partial charge >= 0.3 is 5.97 Å². The van der Waals surface area contributed by atoms with E-state index in [0.717, 1.165) is 29.8 Å². The topological polar surface area (TPSA) is 134 Å². The molecule has 3 aromatic rings. The van der Waals surface area contributed by atoms with Crippen LogP contribution in [0.3, 0.4) is 0 Å². The minimum atomic E-state index is -0.985. The first-order chi connectivity index (χ1) is 16.9. The number of benzene rings is 2.